The quantitative estimate of drug-likeness (QED) is 0.659. The molecule has 0 spiro atoms. The first-order valence-corrected chi connectivity index (χ1v) is 7.20. The van der Waals surface area contributed by atoms with Crippen molar-refractivity contribution < 1.29 is 26.3 Å². The van der Waals surface area contributed by atoms with E-state index in [0.29, 0.717) is 0 Å². The van der Waals surface area contributed by atoms with Crippen molar-refractivity contribution in [2.24, 2.45) is 0 Å². The van der Waals surface area contributed by atoms with Crippen LogP contribution in [0.25, 0.3) is 0 Å². The Morgan fingerprint density at radius 1 is 1.16 bits per heavy atom. The van der Waals surface area contributed by atoms with Crippen LogP contribution in [0.1, 0.15) is 22.6 Å². The van der Waals surface area contributed by atoms with Gasteiger partial charge in [-0.3, -0.25) is 9.69 Å². The standard InChI is InChI=1S/C15H11F6N3O/c16-9-3-7(4-10(17)12(9)18)5-24-2-1-8-11(6-24)22-14(15(19,20)21)23-13(8)25/h3-4H,1-2,5-6H2,(H,22,23,25). The maximum absolute atomic E-state index is 13.3. The van der Waals surface area contributed by atoms with Gasteiger partial charge in [0.1, 0.15) is 0 Å². The predicted molar refractivity (Wildman–Crippen MR) is 74.0 cm³/mol. The molecule has 0 saturated heterocycles. The Bertz CT molecular complexity index is 854. The zero-order chi connectivity index (χ0) is 18.4. The lowest BCUT2D eigenvalue weighted by molar-refractivity contribution is -0.145. The van der Waals surface area contributed by atoms with Crippen molar-refractivity contribution >= 4 is 0 Å². The summed E-state index contributed by atoms with van der Waals surface area (Å²) in [5.74, 6) is -5.67. The molecule has 3 rings (SSSR count). The molecule has 0 amide bonds. The fourth-order valence-electron chi connectivity index (χ4n) is 2.72. The number of nitrogens with zero attached hydrogens (tertiary/aromatic N) is 2. The van der Waals surface area contributed by atoms with Crippen LogP contribution in [-0.2, 0) is 25.7 Å². The second kappa shape index (κ2) is 6.17. The van der Waals surface area contributed by atoms with Gasteiger partial charge in [-0.05, 0) is 24.1 Å². The molecular formula is C15H11F6N3O. The monoisotopic (exact) mass is 363 g/mol. The molecule has 1 aliphatic rings. The molecule has 1 N–H and O–H groups in total. The summed E-state index contributed by atoms with van der Waals surface area (Å²) < 4.78 is 77.7. The molecule has 0 saturated carbocycles. The number of benzene rings is 1. The van der Waals surface area contributed by atoms with Gasteiger partial charge in [0.15, 0.2) is 17.5 Å². The highest BCUT2D eigenvalue weighted by Crippen LogP contribution is 2.27. The number of aromatic nitrogens is 2. The van der Waals surface area contributed by atoms with E-state index < -0.39 is 35.0 Å². The van der Waals surface area contributed by atoms with Gasteiger partial charge in [0.25, 0.3) is 5.56 Å². The van der Waals surface area contributed by atoms with E-state index >= 15 is 0 Å². The maximum atomic E-state index is 13.3. The molecule has 0 radical (unpaired) electrons. The maximum Gasteiger partial charge on any atom is 0.449 e. The van der Waals surface area contributed by atoms with Gasteiger partial charge in [0.2, 0.25) is 5.82 Å². The normalized spacial score (nSPS) is 15.3. The summed E-state index contributed by atoms with van der Waals surface area (Å²) in [6.45, 7) is 0.163. The van der Waals surface area contributed by atoms with Crippen molar-refractivity contribution in [1.29, 1.82) is 0 Å². The summed E-state index contributed by atoms with van der Waals surface area (Å²) in [4.78, 5) is 18.5. The Labute approximate surface area is 137 Å². The van der Waals surface area contributed by atoms with Crippen molar-refractivity contribution in [3.63, 3.8) is 0 Å². The van der Waals surface area contributed by atoms with Gasteiger partial charge in [-0.25, -0.2) is 18.2 Å². The lowest BCUT2D eigenvalue weighted by atomic mass is 10.1. The van der Waals surface area contributed by atoms with Gasteiger partial charge in [0, 0.05) is 25.2 Å². The van der Waals surface area contributed by atoms with Gasteiger partial charge in [0.05, 0.1) is 5.69 Å². The average Bonchev–Trinajstić information content (AvgIpc) is 2.51. The molecule has 2 aromatic rings. The lowest BCUT2D eigenvalue weighted by Gasteiger charge is -2.27. The number of halogens is 6. The summed E-state index contributed by atoms with van der Waals surface area (Å²) in [6.07, 6.45) is -4.65. The van der Waals surface area contributed by atoms with E-state index in [2.05, 4.69) is 4.98 Å². The Morgan fingerprint density at radius 2 is 1.80 bits per heavy atom. The van der Waals surface area contributed by atoms with E-state index in [1.807, 2.05) is 0 Å². The molecule has 10 heteroatoms. The third-order valence-corrected chi connectivity index (χ3v) is 3.87. The predicted octanol–water partition coefficient (Wildman–Crippen LogP) is 2.76. The molecule has 0 atom stereocenters. The first kappa shape index (κ1) is 17.5. The molecule has 1 aliphatic heterocycles. The minimum atomic E-state index is -4.79. The Morgan fingerprint density at radius 3 is 2.40 bits per heavy atom. The van der Waals surface area contributed by atoms with Gasteiger partial charge >= 0.3 is 6.18 Å². The molecule has 0 aliphatic carbocycles. The Kier molecular flexibility index (Phi) is 4.31. The molecule has 2 heterocycles. The average molecular weight is 363 g/mol. The number of nitrogens with one attached hydrogen (secondary N) is 1. The van der Waals surface area contributed by atoms with E-state index in [9.17, 15) is 31.1 Å². The van der Waals surface area contributed by atoms with Crippen LogP contribution in [0.2, 0.25) is 0 Å². The minimum absolute atomic E-state index is 0.0244. The number of fused-ring (bicyclic) bond motifs is 1. The van der Waals surface area contributed by atoms with E-state index in [1.54, 1.807) is 9.88 Å². The van der Waals surface area contributed by atoms with Gasteiger partial charge < -0.3 is 4.98 Å². The molecule has 1 aromatic carbocycles. The highest BCUT2D eigenvalue weighted by molar-refractivity contribution is 5.23. The molecule has 0 bridgehead atoms. The van der Waals surface area contributed by atoms with Crippen molar-refractivity contribution in [3.05, 3.63) is 62.6 Å². The molecule has 0 fully saturated rings. The smallest absolute Gasteiger partial charge is 0.303 e. The number of aromatic amines is 1. The second-order valence-corrected chi connectivity index (χ2v) is 5.67. The van der Waals surface area contributed by atoms with Gasteiger partial charge in [-0.15, -0.1) is 0 Å². The van der Waals surface area contributed by atoms with Crippen LogP contribution < -0.4 is 5.56 Å². The SMILES string of the molecule is O=c1[nH]c(C(F)(F)F)nc2c1CCN(Cc1cc(F)c(F)c(F)c1)C2. The Balaban J connectivity index is 1.86. The summed E-state index contributed by atoms with van der Waals surface area (Å²) in [6, 6.07) is 1.64. The van der Waals surface area contributed by atoms with Crippen molar-refractivity contribution in [2.75, 3.05) is 6.54 Å². The zero-order valence-electron chi connectivity index (χ0n) is 12.6. The lowest BCUT2D eigenvalue weighted by Crippen LogP contribution is -2.36. The highest BCUT2D eigenvalue weighted by Gasteiger charge is 2.36. The fourth-order valence-corrected chi connectivity index (χ4v) is 2.72. The van der Waals surface area contributed by atoms with E-state index in [0.717, 1.165) is 12.1 Å². The van der Waals surface area contributed by atoms with Crippen LogP contribution in [0.4, 0.5) is 26.3 Å². The van der Waals surface area contributed by atoms with Crippen LogP contribution >= 0.6 is 0 Å². The minimum Gasteiger partial charge on any atom is -0.303 e. The molecule has 1 aromatic heterocycles. The molecule has 4 nitrogen and oxygen atoms in total. The third-order valence-electron chi connectivity index (χ3n) is 3.87. The van der Waals surface area contributed by atoms with E-state index in [1.165, 1.54) is 0 Å². The first-order valence-electron chi connectivity index (χ1n) is 7.20. The van der Waals surface area contributed by atoms with Crippen LogP contribution in [0.15, 0.2) is 16.9 Å². The summed E-state index contributed by atoms with van der Waals surface area (Å²) >= 11 is 0. The van der Waals surface area contributed by atoms with E-state index in [-0.39, 0.29) is 42.9 Å². The fraction of sp³-hybridized carbons (Fsp3) is 0.333. The highest BCUT2D eigenvalue weighted by atomic mass is 19.4. The van der Waals surface area contributed by atoms with E-state index in [4.69, 9.17) is 0 Å². The van der Waals surface area contributed by atoms with Crippen LogP contribution in [-0.4, -0.2) is 21.4 Å². The topological polar surface area (TPSA) is 49.0 Å². The van der Waals surface area contributed by atoms with Crippen molar-refractivity contribution in [1.82, 2.24) is 14.9 Å². The van der Waals surface area contributed by atoms with Crippen molar-refractivity contribution in [2.45, 2.75) is 25.7 Å². The number of H-pyrrole nitrogens is 1. The van der Waals surface area contributed by atoms with Gasteiger partial charge in [-0.2, -0.15) is 13.2 Å². The molecule has 25 heavy (non-hydrogen) atoms. The number of alkyl halides is 3. The molecule has 134 valence electrons. The largest absolute Gasteiger partial charge is 0.449 e. The van der Waals surface area contributed by atoms with Crippen LogP contribution in [0.5, 0.6) is 0 Å². The summed E-state index contributed by atoms with van der Waals surface area (Å²) in [7, 11) is 0. The van der Waals surface area contributed by atoms with Gasteiger partial charge in [-0.1, -0.05) is 0 Å². The van der Waals surface area contributed by atoms with Crippen molar-refractivity contribution in [3.8, 4) is 0 Å². The zero-order valence-corrected chi connectivity index (χ0v) is 12.6. The number of hydrogen-bond donors (Lipinski definition) is 1. The van der Waals surface area contributed by atoms with Crippen LogP contribution in [0, 0.1) is 17.5 Å². The molecule has 0 unspecified atom stereocenters. The number of hydrogen-bond acceptors (Lipinski definition) is 3. The Hall–Kier alpha value is -2.36. The number of rotatable bonds is 2. The summed E-state index contributed by atoms with van der Waals surface area (Å²) in [5.41, 5.74) is -0.609. The first-order chi connectivity index (χ1) is 11.6. The third kappa shape index (κ3) is 3.53. The van der Waals surface area contributed by atoms with Crippen LogP contribution in [0.3, 0.4) is 0 Å². The second-order valence-electron chi connectivity index (χ2n) is 5.67. The summed E-state index contributed by atoms with van der Waals surface area (Å²) in [5, 5.41) is 0. The molecular weight excluding hydrogens is 352 g/mol.